The summed E-state index contributed by atoms with van der Waals surface area (Å²) < 4.78 is 0. The fraction of sp³-hybridized carbons (Fsp3) is 0.575. The van der Waals surface area contributed by atoms with E-state index in [1.165, 1.54) is 0 Å². The molecule has 0 aliphatic heterocycles. The van der Waals surface area contributed by atoms with Crippen LogP contribution in [0.3, 0.4) is 0 Å². The Bertz CT molecular complexity index is 1910. The summed E-state index contributed by atoms with van der Waals surface area (Å²) in [5.41, 5.74) is 29.3. The lowest BCUT2D eigenvalue weighted by Crippen LogP contribution is -2.60. The highest BCUT2D eigenvalue weighted by Gasteiger charge is 2.33. The first-order chi connectivity index (χ1) is 29.7. The van der Waals surface area contributed by atoms with E-state index in [-0.39, 0.29) is 75.4 Å². The van der Waals surface area contributed by atoms with Gasteiger partial charge in [-0.25, -0.2) is 0 Å². The Morgan fingerprint density at radius 2 is 1.13 bits per heavy atom. The predicted octanol–water partition coefficient (Wildman–Crippen LogP) is -3.15. The van der Waals surface area contributed by atoms with Crippen molar-refractivity contribution in [2.24, 2.45) is 50.5 Å². The molecule has 0 saturated heterocycles. The van der Waals surface area contributed by atoms with Crippen molar-refractivity contribution in [3.05, 3.63) is 36.0 Å². The summed E-state index contributed by atoms with van der Waals surface area (Å²) in [6.45, 7) is 5.92. The smallest absolute Gasteiger partial charge is 0.322 e. The number of amides is 6. The zero-order valence-electron chi connectivity index (χ0n) is 36.3. The van der Waals surface area contributed by atoms with E-state index in [1.54, 1.807) is 38.2 Å². The zero-order valence-corrected chi connectivity index (χ0v) is 36.3. The zero-order chi connectivity index (χ0) is 47.2. The fourth-order valence-corrected chi connectivity index (χ4v) is 6.44. The maximum Gasteiger partial charge on any atom is 0.322 e. The molecule has 6 amide bonds. The molecule has 1 heterocycles. The number of para-hydroxylation sites is 1. The van der Waals surface area contributed by atoms with Crippen LogP contribution in [-0.2, 0) is 40.0 Å². The molecule has 19 N–H and O–H groups in total. The van der Waals surface area contributed by atoms with E-state index in [1.807, 2.05) is 19.9 Å². The molecule has 0 saturated carbocycles. The summed E-state index contributed by atoms with van der Waals surface area (Å²) in [5.74, 6) is -6.52. The standard InChI is InChI=1S/C40H66N14O9/c1-21(2)15-25(41)33(58)50-27(11-7-13-46-39(42)43)35(60)51-28(12-8-14-47-40(44)45)36(61)53-30(17-23-18-48-26-10-6-5-9-24(23)26)37(62)54-31(20-55)38(63)52-29(16-22(3)4)34(59)49-19-32(56)57/h5-6,9-10,18,21-22,25,27-31,48,55H,7-8,11-17,19-20,41H2,1-4H3,(H,49,59)(H,50,58)(H,51,60)(H,52,63)(H,53,61)(H,54,62)(H,56,57)(H4,42,43,46)(H4,44,45,47)/t25-,27-,28-,29-,30-,31-/m0/s1. The number of aliphatic carboxylic acids is 1. The number of aliphatic imine (C=N–C) groups is 2. The topological polar surface area (TPSA) is 403 Å². The number of carbonyl (C=O) groups is 7. The second-order valence-corrected chi connectivity index (χ2v) is 15.9. The summed E-state index contributed by atoms with van der Waals surface area (Å²) in [6.07, 6.45) is 2.40. The Hall–Kier alpha value is -6.49. The number of nitrogens with one attached hydrogen (secondary N) is 7. The number of rotatable bonds is 28. The van der Waals surface area contributed by atoms with E-state index >= 15 is 0 Å². The number of carbonyl (C=O) groups excluding carboxylic acids is 6. The van der Waals surface area contributed by atoms with Gasteiger partial charge >= 0.3 is 5.97 Å². The Kier molecular flexibility index (Phi) is 22.4. The van der Waals surface area contributed by atoms with Crippen LogP contribution >= 0.6 is 0 Å². The van der Waals surface area contributed by atoms with Crippen LogP contribution in [0.15, 0.2) is 40.4 Å². The summed E-state index contributed by atoms with van der Waals surface area (Å²) in [7, 11) is 0. The van der Waals surface area contributed by atoms with E-state index in [9.17, 15) is 38.7 Å². The van der Waals surface area contributed by atoms with Crippen LogP contribution in [0.5, 0.6) is 0 Å². The van der Waals surface area contributed by atoms with Crippen molar-refractivity contribution in [3.63, 3.8) is 0 Å². The summed E-state index contributed by atoms with van der Waals surface area (Å²) in [5, 5.41) is 35.2. The maximum absolute atomic E-state index is 14.3. The van der Waals surface area contributed by atoms with Crippen LogP contribution < -0.4 is 60.6 Å². The van der Waals surface area contributed by atoms with Gasteiger partial charge in [-0.05, 0) is 62.0 Å². The molecule has 0 aliphatic rings. The molecule has 2 rings (SSSR count). The first kappa shape index (κ1) is 52.6. The molecule has 23 heteroatoms. The number of benzene rings is 1. The molecule has 63 heavy (non-hydrogen) atoms. The van der Waals surface area contributed by atoms with Crippen LogP contribution in [0.25, 0.3) is 10.9 Å². The molecule has 0 unspecified atom stereocenters. The van der Waals surface area contributed by atoms with Crippen molar-refractivity contribution < 1.29 is 43.8 Å². The van der Waals surface area contributed by atoms with Gasteiger partial charge < -0.3 is 75.8 Å². The largest absolute Gasteiger partial charge is 0.480 e. The highest BCUT2D eigenvalue weighted by atomic mass is 16.4. The van der Waals surface area contributed by atoms with Crippen molar-refractivity contribution in [3.8, 4) is 0 Å². The molecule has 0 fully saturated rings. The van der Waals surface area contributed by atoms with Gasteiger partial charge in [-0.15, -0.1) is 0 Å². The van der Waals surface area contributed by atoms with Gasteiger partial charge in [0.1, 0.15) is 36.8 Å². The van der Waals surface area contributed by atoms with Gasteiger partial charge in [0.2, 0.25) is 35.4 Å². The number of aromatic nitrogens is 1. The van der Waals surface area contributed by atoms with E-state index in [0.29, 0.717) is 12.0 Å². The molecular formula is C40H66N14O9. The highest BCUT2D eigenvalue weighted by Crippen LogP contribution is 2.20. The summed E-state index contributed by atoms with van der Waals surface area (Å²) in [6, 6.07) is -0.507. The Labute approximate surface area is 366 Å². The van der Waals surface area contributed by atoms with E-state index in [2.05, 4.69) is 46.9 Å². The molecule has 6 atom stereocenters. The second kappa shape index (κ2) is 26.8. The minimum atomic E-state index is -1.62. The SMILES string of the molecule is CC(C)C[C@H](NC(=O)[C@H](CO)NC(=O)[C@H](Cc1c[nH]c2ccccc12)NC(=O)[C@H](CCCN=C(N)N)NC(=O)[C@H](CCCN=C(N)N)NC(=O)[C@@H](N)CC(C)C)C(=O)NCC(=O)O. The molecule has 0 radical (unpaired) electrons. The van der Waals surface area contributed by atoms with Crippen LogP contribution in [0.1, 0.15) is 71.8 Å². The number of carboxylic acids is 1. The minimum Gasteiger partial charge on any atom is -0.480 e. The molecule has 0 spiro atoms. The second-order valence-electron chi connectivity index (χ2n) is 15.9. The fourth-order valence-electron chi connectivity index (χ4n) is 6.44. The number of aliphatic hydroxyl groups is 1. The average molecular weight is 887 g/mol. The van der Waals surface area contributed by atoms with Crippen LogP contribution in [0.2, 0.25) is 0 Å². The van der Waals surface area contributed by atoms with Gasteiger partial charge in [0, 0.05) is 36.6 Å². The first-order valence-electron chi connectivity index (χ1n) is 20.8. The van der Waals surface area contributed by atoms with E-state index in [4.69, 9.17) is 33.8 Å². The average Bonchev–Trinajstić information content (AvgIpc) is 3.62. The van der Waals surface area contributed by atoms with Gasteiger partial charge in [-0.2, -0.15) is 0 Å². The third kappa shape index (κ3) is 19.4. The number of hydrogen-bond donors (Lipinski definition) is 14. The normalized spacial score (nSPS) is 14.0. The monoisotopic (exact) mass is 887 g/mol. The number of H-pyrrole nitrogens is 1. The highest BCUT2D eigenvalue weighted by molar-refractivity contribution is 5.97. The van der Waals surface area contributed by atoms with Gasteiger partial charge in [-0.3, -0.25) is 43.5 Å². The Morgan fingerprint density at radius 1 is 0.651 bits per heavy atom. The van der Waals surface area contributed by atoms with E-state index < -0.39 is 90.8 Å². The summed E-state index contributed by atoms with van der Waals surface area (Å²) in [4.78, 5) is 104. The van der Waals surface area contributed by atoms with E-state index in [0.717, 1.165) is 10.9 Å². The lowest BCUT2D eigenvalue weighted by molar-refractivity contribution is -0.138. The van der Waals surface area contributed by atoms with Gasteiger partial charge in [0.05, 0.1) is 12.6 Å². The molecule has 350 valence electrons. The number of nitrogens with two attached hydrogens (primary N) is 5. The summed E-state index contributed by atoms with van der Waals surface area (Å²) >= 11 is 0. The van der Waals surface area contributed by atoms with Crippen LogP contribution in [0, 0.1) is 11.8 Å². The molecule has 0 bridgehead atoms. The molecule has 1 aromatic carbocycles. The molecular weight excluding hydrogens is 821 g/mol. The van der Waals surface area contributed by atoms with Crippen LogP contribution in [0.4, 0.5) is 0 Å². The first-order valence-corrected chi connectivity index (χ1v) is 20.8. The number of nitrogens with zero attached hydrogens (tertiary/aromatic N) is 2. The quantitative estimate of drug-likeness (QED) is 0.0228. The van der Waals surface area contributed by atoms with Gasteiger partial charge in [0.15, 0.2) is 11.9 Å². The van der Waals surface area contributed by atoms with Crippen LogP contribution in [-0.4, -0.2) is 131 Å². The van der Waals surface area contributed by atoms with Crippen molar-refractivity contribution >= 4 is 64.2 Å². The van der Waals surface area contributed by atoms with Gasteiger partial charge in [-0.1, -0.05) is 45.9 Å². The molecule has 1 aromatic heterocycles. The Balaban J connectivity index is 2.49. The van der Waals surface area contributed by atoms with Crippen molar-refractivity contribution in [2.45, 2.75) is 109 Å². The molecule has 2 aromatic rings. The number of aliphatic hydroxyl groups excluding tert-OH is 1. The molecule has 0 aliphatic carbocycles. The lowest BCUT2D eigenvalue weighted by atomic mass is 10.0. The number of hydrogen-bond acceptors (Lipinski definition) is 11. The van der Waals surface area contributed by atoms with Gasteiger partial charge in [0.25, 0.3) is 0 Å². The number of carboxylic acid groups (broad SMARTS) is 1. The molecule has 23 nitrogen and oxygen atoms in total. The number of aromatic amines is 1. The number of guanidine groups is 2. The maximum atomic E-state index is 14.3. The van der Waals surface area contributed by atoms with Crippen molar-refractivity contribution in [1.82, 2.24) is 36.9 Å². The Morgan fingerprint density at radius 3 is 1.65 bits per heavy atom. The third-order valence-electron chi connectivity index (χ3n) is 9.52. The lowest BCUT2D eigenvalue weighted by Gasteiger charge is -2.27. The predicted molar refractivity (Wildman–Crippen MR) is 236 cm³/mol. The number of fused-ring (bicyclic) bond motifs is 1. The van der Waals surface area contributed by atoms with Crippen molar-refractivity contribution in [2.75, 3.05) is 26.2 Å². The third-order valence-corrected chi connectivity index (χ3v) is 9.52. The van der Waals surface area contributed by atoms with Crippen molar-refractivity contribution in [1.29, 1.82) is 0 Å². The minimum absolute atomic E-state index is 0.0415.